The first kappa shape index (κ1) is 7.41. The first-order chi connectivity index (χ1) is 5.56. The van der Waals surface area contributed by atoms with Crippen molar-refractivity contribution < 1.29 is 0 Å². The summed E-state index contributed by atoms with van der Waals surface area (Å²) in [6.07, 6.45) is 2.98. The zero-order chi connectivity index (χ0) is 8.72. The second-order valence-electron chi connectivity index (χ2n) is 6.09. The smallest absolute Gasteiger partial charge is 0.0191 e. The Morgan fingerprint density at radius 2 is 2.08 bits per heavy atom. The van der Waals surface area contributed by atoms with Crippen molar-refractivity contribution in [2.24, 2.45) is 34.5 Å². The van der Waals surface area contributed by atoms with Gasteiger partial charge in [0.05, 0.1) is 0 Å². The van der Waals surface area contributed by atoms with Crippen LogP contribution < -0.4 is 0 Å². The first-order valence-electron chi connectivity index (χ1n) is 5.56. The van der Waals surface area contributed by atoms with Crippen molar-refractivity contribution in [3.8, 4) is 0 Å². The molecule has 3 aliphatic carbocycles. The van der Waals surface area contributed by atoms with Crippen molar-refractivity contribution in [2.45, 2.75) is 40.5 Å². The molecule has 3 rings (SSSR count). The van der Waals surface area contributed by atoms with Crippen LogP contribution in [0.4, 0.5) is 0 Å². The molecule has 3 saturated carbocycles. The number of hydrogen-bond acceptors (Lipinski definition) is 0. The van der Waals surface area contributed by atoms with Gasteiger partial charge in [-0.25, -0.2) is 0 Å². The Labute approximate surface area is 75.7 Å². The van der Waals surface area contributed by atoms with Crippen molar-refractivity contribution in [3.63, 3.8) is 0 Å². The molecule has 0 aromatic heterocycles. The highest BCUT2D eigenvalue weighted by Crippen LogP contribution is 2.98. The van der Waals surface area contributed by atoms with Crippen LogP contribution in [0, 0.1) is 34.5 Å². The molecule has 0 heteroatoms. The van der Waals surface area contributed by atoms with Gasteiger partial charge in [-0.05, 0) is 40.9 Å². The normalized spacial score (nSPS) is 59.5. The fourth-order valence-electron chi connectivity index (χ4n) is 5.00. The fraction of sp³-hybridized carbons (Fsp3) is 1.00. The molecule has 0 N–H and O–H groups in total. The standard InChI is InChI=1S/C12H20/c1-5-7(2)9-11(3,4)10-8-6-12(8,9)10/h7-10H,5-6H2,1-4H3. The van der Waals surface area contributed by atoms with Gasteiger partial charge in [0.15, 0.2) is 0 Å². The van der Waals surface area contributed by atoms with Gasteiger partial charge in [-0.3, -0.25) is 0 Å². The molecule has 0 aromatic rings. The molecule has 1 spiro atoms. The van der Waals surface area contributed by atoms with E-state index >= 15 is 0 Å². The van der Waals surface area contributed by atoms with Crippen molar-refractivity contribution >= 4 is 0 Å². The monoisotopic (exact) mass is 164 g/mol. The van der Waals surface area contributed by atoms with Gasteiger partial charge in [-0.1, -0.05) is 34.1 Å². The van der Waals surface area contributed by atoms with E-state index in [0.29, 0.717) is 5.41 Å². The molecule has 0 saturated heterocycles. The largest absolute Gasteiger partial charge is 0.0651 e. The second kappa shape index (κ2) is 1.63. The lowest BCUT2D eigenvalue weighted by Gasteiger charge is -2.53. The molecule has 5 unspecified atom stereocenters. The van der Waals surface area contributed by atoms with E-state index in [1.807, 2.05) is 0 Å². The third-order valence-corrected chi connectivity index (χ3v) is 5.37. The van der Waals surface area contributed by atoms with Crippen LogP contribution in [0.15, 0.2) is 0 Å². The third kappa shape index (κ3) is 0.482. The van der Waals surface area contributed by atoms with Crippen LogP contribution in [0.3, 0.4) is 0 Å². The van der Waals surface area contributed by atoms with Crippen LogP contribution in [0.1, 0.15) is 40.5 Å². The van der Waals surface area contributed by atoms with E-state index < -0.39 is 0 Å². The predicted molar refractivity (Wildman–Crippen MR) is 50.8 cm³/mol. The van der Waals surface area contributed by atoms with Crippen LogP contribution in [-0.4, -0.2) is 0 Å². The lowest BCUT2D eigenvalue weighted by atomic mass is 9.51. The molecule has 0 radical (unpaired) electrons. The Morgan fingerprint density at radius 3 is 2.42 bits per heavy atom. The molecule has 0 heterocycles. The summed E-state index contributed by atoms with van der Waals surface area (Å²) in [6.45, 7) is 9.83. The zero-order valence-electron chi connectivity index (χ0n) is 8.72. The minimum Gasteiger partial charge on any atom is -0.0651 e. The molecule has 0 bridgehead atoms. The van der Waals surface area contributed by atoms with Gasteiger partial charge in [-0.2, -0.15) is 0 Å². The van der Waals surface area contributed by atoms with Crippen LogP contribution in [-0.2, 0) is 0 Å². The summed E-state index contributed by atoms with van der Waals surface area (Å²) < 4.78 is 0. The molecule has 0 aromatic carbocycles. The molecule has 3 aliphatic rings. The van der Waals surface area contributed by atoms with E-state index in [1.165, 1.54) is 12.3 Å². The average molecular weight is 164 g/mol. The van der Waals surface area contributed by atoms with Crippen LogP contribution in [0.2, 0.25) is 0 Å². The SMILES string of the molecule is CCC(C)C1C(C)(C)C2C3CC312. The van der Waals surface area contributed by atoms with Crippen molar-refractivity contribution in [2.75, 3.05) is 0 Å². The molecule has 5 atom stereocenters. The molecule has 3 fully saturated rings. The molecule has 68 valence electrons. The predicted octanol–water partition coefficient (Wildman–Crippen LogP) is 3.32. The lowest BCUT2D eigenvalue weighted by Crippen LogP contribution is -2.48. The quantitative estimate of drug-likeness (QED) is 0.587. The van der Waals surface area contributed by atoms with Gasteiger partial charge >= 0.3 is 0 Å². The van der Waals surface area contributed by atoms with Crippen molar-refractivity contribution in [1.82, 2.24) is 0 Å². The molecular weight excluding hydrogens is 144 g/mol. The summed E-state index contributed by atoms with van der Waals surface area (Å²) >= 11 is 0. The summed E-state index contributed by atoms with van der Waals surface area (Å²) in [7, 11) is 0. The van der Waals surface area contributed by atoms with Gasteiger partial charge in [0.25, 0.3) is 0 Å². The van der Waals surface area contributed by atoms with E-state index in [0.717, 1.165) is 23.2 Å². The number of hydrogen-bond donors (Lipinski definition) is 0. The summed E-state index contributed by atoms with van der Waals surface area (Å²) in [5.41, 5.74) is 1.64. The Kier molecular flexibility index (Phi) is 1.00. The Bertz CT molecular complexity index is 240. The second-order valence-corrected chi connectivity index (χ2v) is 6.09. The van der Waals surface area contributed by atoms with Gasteiger partial charge in [-0.15, -0.1) is 0 Å². The van der Waals surface area contributed by atoms with E-state index in [1.54, 1.807) is 6.42 Å². The van der Waals surface area contributed by atoms with E-state index in [-0.39, 0.29) is 0 Å². The fourth-order valence-corrected chi connectivity index (χ4v) is 5.00. The Morgan fingerprint density at radius 1 is 1.42 bits per heavy atom. The van der Waals surface area contributed by atoms with Crippen LogP contribution in [0.25, 0.3) is 0 Å². The van der Waals surface area contributed by atoms with Gasteiger partial charge in [0.2, 0.25) is 0 Å². The number of fused-ring (bicyclic) bond motifs is 1. The molecular formula is C12H20. The molecule has 12 heavy (non-hydrogen) atoms. The average Bonchev–Trinajstić information content (AvgIpc) is 2.73. The van der Waals surface area contributed by atoms with Crippen molar-refractivity contribution in [3.05, 3.63) is 0 Å². The highest BCUT2D eigenvalue weighted by molar-refractivity contribution is 5.40. The minimum atomic E-state index is 0.707. The maximum Gasteiger partial charge on any atom is -0.0191 e. The minimum absolute atomic E-state index is 0.707. The maximum absolute atomic E-state index is 2.51. The van der Waals surface area contributed by atoms with Gasteiger partial charge < -0.3 is 0 Å². The summed E-state index contributed by atoms with van der Waals surface area (Å²) in [5, 5.41) is 0. The van der Waals surface area contributed by atoms with Gasteiger partial charge in [0, 0.05) is 0 Å². The first-order valence-corrected chi connectivity index (χ1v) is 5.56. The van der Waals surface area contributed by atoms with E-state index in [9.17, 15) is 0 Å². The topological polar surface area (TPSA) is 0 Å². The third-order valence-electron chi connectivity index (χ3n) is 5.37. The maximum atomic E-state index is 2.51. The van der Waals surface area contributed by atoms with Crippen LogP contribution >= 0.6 is 0 Å². The van der Waals surface area contributed by atoms with Crippen molar-refractivity contribution in [1.29, 1.82) is 0 Å². The summed E-state index contributed by atoms with van der Waals surface area (Å²) in [6, 6.07) is 0. The van der Waals surface area contributed by atoms with Crippen LogP contribution in [0.5, 0.6) is 0 Å². The van der Waals surface area contributed by atoms with E-state index in [2.05, 4.69) is 27.7 Å². The Balaban J connectivity index is 1.85. The summed E-state index contributed by atoms with van der Waals surface area (Å²) in [4.78, 5) is 0. The molecule has 0 nitrogen and oxygen atoms in total. The molecule has 0 aliphatic heterocycles. The zero-order valence-corrected chi connectivity index (χ0v) is 8.72. The van der Waals surface area contributed by atoms with Gasteiger partial charge in [0.1, 0.15) is 0 Å². The summed E-state index contributed by atoms with van der Waals surface area (Å²) in [5.74, 6) is 4.39. The number of rotatable bonds is 2. The highest BCUT2D eigenvalue weighted by Gasteiger charge is 2.93. The lowest BCUT2D eigenvalue weighted by molar-refractivity contribution is -0.0568. The van der Waals surface area contributed by atoms with E-state index in [4.69, 9.17) is 0 Å². The Hall–Kier alpha value is 0. The highest BCUT2D eigenvalue weighted by atomic mass is 15.0. The molecule has 0 amide bonds.